The van der Waals surface area contributed by atoms with E-state index in [9.17, 15) is 14.4 Å². The molecule has 0 bridgehead atoms. The minimum Gasteiger partial charge on any atom is -0.477 e. The lowest BCUT2D eigenvalue weighted by Gasteiger charge is -2.01. The van der Waals surface area contributed by atoms with Crippen LogP contribution in [0.15, 0.2) is 9.59 Å². The van der Waals surface area contributed by atoms with E-state index < -0.39 is 22.9 Å². The van der Waals surface area contributed by atoms with Crippen LogP contribution < -0.4 is 17.0 Å². The van der Waals surface area contributed by atoms with Gasteiger partial charge in [-0.3, -0.25) is 9.78 Å². The number of hydrogen-bond acceptors (Lipinski definition) is 4. The summed E-state index contributed by atoms with van der Waals surface area (Å²) in [6.45, 7) is 0.134. The number of aromatic amines is 2. The van der Waals surface area contributed by atoms with Gasteiger partial charge in [-0.05, 0) is 13.0 Å². The second kappa shape index (κ2) is 3.88. The van der Waals surface area contributed by atoms with Crippen molar-refractivity contribution in [3.05, 3.63) is 32.1 Å². The molecule has 0 amide bonds. The number of carboxylic acids is 1. The van der Waals surface area contributed by atoms with E-state index in [0.29, 0.717) is 0 Å². The normalized spacial score (nSPS) is 10.1. The second-order valence-corrected chi connectivity index (χ2v) is 2.61. The third kappa shape index (κ3) is 1.88. The predicted molar refractivity (Wildman–Crippen MR) is 47.4 cm³/mol. The molecule has 0 aliphatic heterocycles. The third-order valence-electron chi connectivity index (χ3n) is 1.65. The van der Waals surface area contributed by atoms with Crippen molar-refractivity contribution in [2.75, 3.05) is 6.54 Å². The fourth-order valence-electron chi connectivity index (χ4n) is 1.08. The molecule has 0 aliphatic rings. The van der Waals surface area contributed by atoms with Gasteiger partial charge in [0.2, 0.25) is 0 Å². The van der Waals surface area contributed by atoms with Crippen LogP contribution >= 0.6 is 0 Å². The Labute approximate surface area is 77.6 Å². The molecular formula is C7H9N3O4. The lowest BCUT2D eigenvalue weighted by atomic mass is 10.1. The Morgan fingerprint density at radius 1 is 1.36 bits per heavy atom. The minimum atomic E-state index is -1.35. The molecule has 5 N–H and O–H groups in total. The Bertz CT molecular complexity index is 459. The van der Waals surface area contributed by atoms with Gasteiger partial charge >= 0.3 is 11.7 Å². The zero-order chi connectivity index (χ0) is 10.7. The highest BCUT2D eigenvalue weighted by Crippen LogP contribution is 1.97. The zero-order valence-electron chi connectivity index (χ0n) is 7.16. The lowest BCUT2D eigenvalue weighted by molar-refractivity contribution is 0.0688. The van der Waals surface area contributed by atoms with Gasteiger partial charge in [0, 0.05) is 5.56 Å². The van der Waals surface area contributed by atoms with Crippen LogP contribution in [0.3, 0.4) is 0 Å². The monoisotopic (exact) mass is 199 g/mol. The first-order valence-corrected chi connectivity index (χ1v) is 3.85. The summed E-state index contributed by atoms with van der Waals surface area (Å²) >= 11 is 0. The van der Waals surface area contributed by atoms with Gasteiger partial charge in [-0.1, -0.05) is 0 Å². The van der Waals surface area contributed by atoms with Crippen molar-refractivity contribution in [1.29, 1.82) is 0 Å². The van der Waals surface area contributed by atoms with E-state index >= 15 is 0 Å². The minimum absolute atomic E-state index is 0.0143. The molecule has 0 saturated heterocycles. The van der Waals surface area contributed by atoms with Gasteiger partial charge in [-0.2, -0.15) is 0 Å². The highest BCUT2D eigenvalue weighted by Gasteiger charge is 2.14. The molecular weight excluding hydrogens is 190 g/mol. The van der Waals surface area contributed by atoms with Crippen LogP contribution in [0.2, 0.25) is 0 Å². The first-order valence-electron chi connectivity index (χ1n) is 3.85. The Hall–Kier alpha value is -1.89. The van der Waals surface area contributed by atoms with E-state index in [1.807, 2.05) is 9.97 Å². The number of nitrogens with one attached hydrogen (secondary N) is 2. The van der Waals surface area contributed by atoms with Gasteiger partial charge in [0.05, 0.1) is 0 Å². The molecule has 1 aromatic heterocycles. The van der Waals surface area contributed by atoms with Crippen LogP contribution in [-0.2, 0) is 6.42 Å². The smallest absolute Gasteiger partial charge is 0.352 e. The van der Waals surface area contributed by atoms with Crippen molar-refractivity contribution in [1.82, 2.24) is 9.97 Å². The van der Waals surface area contributed by atoms with Crippen LogP contribution in [0.25, 0.3) is 0 Å². The molecule has 14 heavy (non-hydrogen) atoms. The summed E-state index contributed by atoms with van der Waals surface area (Å²) in [6.07, 6.45) is 0.105. The van der Waals surface area contributed by atoms with E-state index in [2.05, 4.69) is 0 Å². The highest BCUT2D eigenvalue weighted by molar-refractivity contribution is 5.86. The Balaban J connectivity index is 3.44. The Kier molecular flexibility index (Phi) is 2.82. The van der Waals surface area contributed by atoms with E-state index in [-0.39, 0.29) is 18.5 Å². The lowest BCUT2D eigenvalue weighted by Crippen LogP contribution is -2.31. The van der Waals surface area contributed by atoms with Crippen molar-refractivity contribution in [2.45, 2.75) is 6.42 Å². The van der Waals surface area contributed by atoms with Crippen LogP contribution in [0, 0.1) is 0 Å². The van der Waals surface area contributed by atoms with Gasteiger partial charge in [0.25, 0.3) is 5.56 Å². The quantitative estimate of drug-likeness (QED) is 0.459. The summed E-state index contributed by atoms with van der Waals surface area (Å²) in [5, 5.41) is 8.68. The second-order valence-electron chi connectivity index (χ2n) is 2.61. The number of aromatic carboxylic acids is 1. The number of rotatable bonds is 3. The van der Waals surface area contributed by atoms with Crippen LogP contribution in [-0.4, -0.2) is 27.6 Å². The van der Waals surface area contributed by atoms with E-state index in [1.165, 1.54) is 0 Å². The van der Waals surface area contributed by atoms with Crippen molar-refractivity contribution in [3.63, 3.8) is 0 Å². The predicted octanol–water partition coefficient (Wildman–Crippen LogP) is -1.74. The third-order valence-corrected chi connectivity index (χ3v) is 1.65. The summed E-state index contributed by atoms with van der Waals surface area (Å²) in [4.78, 5) is 36.5. The number of hydrogen-bond donors (Lipinski definition) is 4. The van der Waals surface area contributed by atoms with Crippen molar-refractivity contribution >= 4 is 5.97 Å². The molecule has 76 valence electrons. The maximum Gasteiger partial charge on any atom is 0.352 e. The number of H-pyrrole nitrogens is 2. The Morgan fingerprint density at radius 3 is 2.50 bits per heavy atom. The molecule has 0 radical (unpaired) electrons. The molecule has 0 spiro atoms. The van der Waals surface area contributed by atoms with Crippen molar-refractivity contribution < 1.29 is 9.90 Å². The molecule has 1 rings (SSSR count). The molecule has 1 aromatic rings. The van der Waals surface area contributed by atoms with Gasteiger partial charge in [-0.25, -0.2) is 9.59 Å². The first-order chi connectivity index (χ1) is 6.56. The molecule has 7 nitrogen and oxygen atoms in total. The number of nitrogens with two attached hydrogens (primary N) is 1. The summed E-state index contributed by atoms with van der Waals surface area (Å²) in [5.74, 6) is -1.35. The fraction of sp³-hybridized carbons (Fsp3) is 0.286. The van der Waals surface area contributed by atoms with Gasteiger partial charge in [0.15, 0.2) is 0 Å². The maximum absolute atomic E-state index is 11.2. The van der Waals surface area contributed by atoms with Crippen molar-refractivity contribution in [3.8, 4) is 0 Å². The zero-order valence-corrected chi connectivity index (χ0v) is 7.16. The molecule has 0 aromatic carbocycles. The molecule has 7 heteroatoms. The average molecular weight is 199 g/mol. The van der Waals surface area contributed by atoms with Crippen LogP contribution in [0.4, 0.5) is 0 Å². The Morgan fingerprint density at radius 2 is 2.00 bits per heavy atom. The largest absolute Gasteiger partial charge is 0.477 e. The number of aromatic nitrogens is 2. The summed E-state index contributed by atoms with van der Waals surface area (Å²) in [6, 6.07) is 0. The van der Waals surface area contributed by atoms with Gasteiger partial charge in [0.1, 0.15) is 5.69 Å². The summed E-state index contributed by atoms with van der Waals surface area (Å²) in [7, 11) is 0. The van der Waals surface area contributed by atoms with Gasteiger partial charge < -0.3 is 15.8 Å². The van der Waals surface area contributed by atoms with Crippen molar-refractivity contribution in [2.24, 2.45) is 5.73 Å². The maximum atomic E-state index is 11.2. The van der Waals surface area contributed by atoms with Crippen LogP contribution in [0.5, 0.6) is 0 Å². The van der Waals surface area contributed by atoms with E-state index in [4.69, 9.17) is 10.8 Å². The SMILES string of the molecule is NCCc1c(C(=O)O)[nH]c(=O)[nH]c1=O. The molecule has 0 atom stereocenters. The van der Waals surface area contributed by atoms with E-state index in [0.717, 1.165) is 0 Å². The first kappa shape index (κ1) is 10.2. The summed E-state index contributed by atoms with van der Waals surface area (Å²) < 4.78 is 0. The number of carboxylic acid groups (broad SMARTS) is 1. The molecule has 1 heterocycles. The van der Waals surface area contributed by atoms with Gasteiger partial charge in [-0.15, -0.1) is 0 Å². The standard InChI is InChI=1S/C7H9N3O4/c8-2-1-3-4(6(12)13)9-7(14)10-5(3)11/h1-2,8H2,(H,12,13)(H2,9,10,11,14). The summed E-state index contributed by atoms with van der Waals surface area (Å²) in [5.41, 5.74) is 3.23. The molecule has 0 aliphatic carbocycles. The molecule has 0 unspecified atom stereocenters. The van der Waals surface area contributed by atoms with E-state index in [1.54, 1.807) is 0 Å². The highest BCUT2D eigenvalue weighted by atomic mass is 16.4. The molecule has 0 saturated carbocycles. The average Bonchev–Trinajstić information content (AvgIpc) is 2.09. The number of carbonyl (C=O) groups is 1. The van der Waals surface area contributed by atoms with Crippen LogP contribution in [0.1, 0.15) is 16.1 Å². The topological polar surface area (TPSA) is 129 Å². The molecule has 0 fully saturated rings. The fourth-order valence-corrected chi connectivity index (χ4v) is 1.08.